The summed E-state index contributed by atoms with van der Waals surface area (Å²) < 4.78 is 27.2. The first kappa shape index (κ1) is 22.7. The molecule has 34 heavy (non-hydrogen) atoms. The van der Waals surface area contributed by atoms with Crippen LogP contribution in [-0.4, -0.2) is 33.8 Å². The summed E-state index contributed by atoms with van der Waals surface area (Å²) in [5, 5.41) is 11.2. The van der Waals surface area contributed by atoms with Crippen molar-refractivity contribution in [2.75, 3.05) is 0 Å². The maximum Gasteiger partial charge on any atom is 0.221 e. The fourth-order valence-electron chi connectivity index (χ4n) is 8.24. The predicted molar refractivity (Wildman–Crippen MR) is 125 cm³/mol. The van der Waals surface area contributed by atoms with E-state index in [9.17, 15) is 19.1 Å². The molecule has 6 rings (SSSR count). The van der Waals surface area contributed by atoms with Crippen molar-refractivity contribution in [3.05, 3.63) is 59.4 Å². The van der Waals surface area contributed by atoms with Crippen molar-refractivity contribution < 1.29 is 28.6 Å². The summed E-state index contributed by atoms with van der Waals surface area (Å²) in [6.07, 6.45) is 5.56. The smallest absolute Gasteiger partial charge is 0.221 e. The van der Waals surface area contributed by atoms with Crippen molar-refractivity contribution in [3.63, 3.8) is 0 Å². The van der Waals surface area contributed by atoms with E-state index in [4.69, 9.17) is 9.47 Å². The average Bonchev–Trinajstić information content (AvgIpc) is 3.28. The van der Waals surface area contributed by atoms with Crippen LogP contribution in [0.1, 0.15) is 51.4 Å². The largest absolute Gasteiger partial charge is 0.393 e. The highest BCUT2D eigenvalue weighted by Gasteiger charge is 2.75. The van der Waals surface area contributed by atoms with Crippen LogP contribution in [0.2, 0.25) is 0 Å². The van der Waals surface area contributed by atoms with Crippen LogP contribution in [-0.2, 0) is 19.1 Å². The molecule has 1 aromatic rings. The first-order valence-electron chi connectivity index (χ1n) is 12.1. The van der Waals surface area contributed by atoms with E-state index >= 15 is 0 Å². The topological polar surface area (TPSA) is 72.8 Å². The van der Waals surface area contributed by atoms with Crippen LogP contribution < -0.4 is 0 Å². The molecule has 0 bridgehead atoms. The number of ether oxygens (including phenoxy) is 2. The molecule has 1 aromatic carbocycles. The SMILES string of the molecule is C[C@]12C=CC(=O)C=C1CC[C@@H]1[C@@H]2[C@@H](O)C[C@@]2(C)[C@H]1C[C@H]1OC(c3ccccc3F)O[C@]12C(=O)S. The van der Waals surface area contributed by atoms with Gasteiger partial charge in [-0.15, -0.1) is 12.6 Å². The zero-order valence-electron chi connectivity index (χ0n) is 19.2. The zero-order valence-corrected chi connectivity index (χ0v) is 20.1. The number of fused-ring (bicyclic) bond motifs is 7. The third kappa shape index (κ3) is 2.73. The lowest BCUT2D eigenvalue weighted by Crippen LogP contribution is -2.62. The second kappa shape index (κ2) is 7.36. The number of ketones is 1. The molecule has 0 spiro atoms. The second-order valence-corrected chi connectivity index (χ2v) is 11.5. The van der Waals surface area contributed by atoms with Gasteiger partial charge in [0, 0.05) is 22.3 Å². The van der Waals surface area contributed by atoms with Crippen LogP contribution in [0.25, 0.3) is 0 Å². The van der Waals surface area contributed by atoms with Crippen LogP contribution >= 0.6 is 12.6 Å². The molecular weight excluding hydrogens is 455 g/mol. The molecule has 180 valence electrons. The molecule has 3 saturated carbocycles. The highest BCUT2D eigenvalue weighted by Crippen LogP contribution is 2.70. The standard InChI is InChI=1S/C27H29FO5S/c1-25-10-9-15(29)11-14(25)7-8-16-18-12-21-27(24(31)34,26(18,2)13-20(30)22(16)25)33-23(32-21)17-5-3-4-6-19(17)28/h3-6,9-11,16,18,20-23,30H,7-8,12-13H2,1-2H3,(H,31,34)/t16-,18-,20-,21+,22+,23?,25-,26-,27-/m0/s1. The van der Waals surface area contributed by atoms with E-state index in [0.29, 0.717) is 12.8 Å². The average molecular weight is 485 g/mol. The van der Waals surface area contributed by atoms with E-state index in [2.05, 4.69) is 19.6 Å². The summed E-state index contributed by atoms with van der Waals surface area (Å²) in [5.74, 6) is -0.325. The van der Waals surface area contributed by atoms with Crippen LogP contribution in [0.15, 0.2) is 48.1 Å². The number of benzene rings is 1. The van der Waals surface area contributed by atoms with Crippen LogP contribution in [0, 0.1) is 34.4 Å². The van der Waals surface area contributed by atoms with Crippen LogP contribution in [0.5, 0.6) is 0 Å². The number of hydrogen-bond acceptors (Lipinski definition) is 5. The van der Waals surface area contributed by atoms with Gasteiger partial charge in [0.05, 0.1) is 12.2 Å². The number of rotatable bonds is 2. The van der Waals surface area contributed by atoms with Gasteiger partial charge in [0.1, 0.15) is 5.82 Å². The number of allylic oxidation sites excluding steroid dienone is 4. The summed E-state index contributed by atoms with van der Waals surface area (Å²) in [5.41, 5.74) is -1.14. The highest BCUT2D eigenvalue weighted by atomic mass is 32.1. The summed E-state index contributed by atoms with van der Waals surface area (Å²) in [4.78, 5) is 25.2. The van der Waals surface area contributed by atoms with Gasteiger partial charge in [-0.3, -0.25) is 9.59 Å². The monoisotopic (exact) mass is 484 g/mol. The number of aliphatic hydroxyl groups excluding tert-OH is 1. The molecule has 4 aliphatic carbocycles. The van der Waals surface area contributed by atoms with Crippen molar-refractivity contribution in [1.29, 1.82) is 0 Å². The van der Waals surface area contributed by atoms with Crippen molar-refractivity contribution in [3.8, 4) is 0 Å². The van der Waals surface area contributed by atoms with Gasteiger partial charge in [-0.2, -0.15) is 0 Å². The third-order valence-corrected chi connectivity index (χ3v) is 10.0. The first-order valence-corrected chi connectivity index (χ1v) is 12.5. The molecule has 5 nitrogen and oxygen atoms in total. The van der Waals surface area contributed by atoms with Gasteiger partial charge in [-0.25, -0.2) is 4.39 Å². The van der Waals surface area contributed by atoms with Crippen molar-refractivity contribution in [2.24, 2.45) is 28.6 Å². The van der Waals surface area contributed by atoms with E-state index in [1.165, 1.54) is 6.07 Å². The number of halogens is 1. The number of carbonyl (C=O) groups is 2. The normalized spacial score (nSPS) is 46.9. The first-order chi connectivity index (χ1) is 16.1. The Morgan fingerprint density at radius 1 is 1.26 bits per heavy atom. The van der Waals surface area contributed by atoms with Gasteiger partial charge in [0.2, 0.25) is 5.12 Å². The number of hydrogen-bond donors (Lipinski definition) is 2. The van der Waals surface area contributed by atoms with Crippen molar-refractivity contribution in [2.45, 2.75) is 63.6 Å². The van der Waals surface area contributed by atoms with Crippen molar-refractivity contribution in [1.82, 2.24) is 0 Å². The zero-order chi connectivity index (χ0) is 24.0. The quantitative estimate of drug-likeness (QED) is 0.612. The Labute approximate surface area is 203 Å². The number of carbonyl (C=O) groups excluding carboxylic acids is 2. The van der Waals surface area contributed by atoms with Crippen molar-refractivity contribution >= 4 is 23.5 Å². The van der Waals surface area contributed by atoms with Crippen LogP contribution in [0.3, 0.4) is 0 Å². The molecule has 0 amide bonds. The summed E-state index contributed by atoms with van der Waals surface area (Å²) >= 11 is 4.28. The highest BCUT2D eigenvalue weighted by molar-refractivity contribution is 7.96. The van der Waals surface area contributed by atoms with E-state index in [1.54, 1.807) is 30.4 Å². The molecule has 4 fully saturated rings. The maximum absolute atomic E-state index is 14.5. The second-order valence-electron chi connectivity index (χ2n) is 11.1. The van der Waals surface area contributed by atoms with Crippen LogP contribution in [0.4, 0.5) is 4.39 Å². The van der Waals surface area contributed by atoms with Gasteiger partial charge in [-0.1, -0.05) is 43.7 Å². The molecule has 1 aliphatic heterocycles. The summed E-state index contributed by atoms with van der Waals surface area (Å²) in [6, 6.07) is 6.27. The predicted octanol–water partition coefficient (Wildman–Crippen LogP) is 4.32. The Bertz CT molecular complexity index is 1150. The number of aliphatic hydroxyl groups is 1. The van der Waals surface area contributed by atoms with Gasteiger partial charge in [0.25, 0.3) is 0 Å². The third-order valence-electron chi connectivity index (χ3n) is 9.71. The van der Waals surface area contributed by atoms with E-state index in [-0.39, 0.29) is 29.1 Å². The number of thiol groups is 1. The molecule has 7 heteroatoms. The molecule has 1 heterocycles. The van der Waals surface area contributed by atoms with Gasteiger partial charge in [0.15, 0.2) is 17.7 Å². The minimum atomic E-state index is -1.37. The summed E-state index contributed by atoms with van der Waals surface area (Å²) in [7, 11) is 0. The molecule has 5 aliphatic rings. The van der Waals surface area contributed by atoms with Gasteiger partial charge < -0.3 is 14.6 Å². The molecule has 1 unspecified atom stereocenters. The molecular formula is C27H29FO5S. The van der Waals surface area contributed by atoms with E-state index < -0.39 is 45.9 Å². The molecule has 1 saturated heterocycles. The lowest BCUT2D eigenvalue weighted by Gasteiger charge is -2.59. The van der Waals surface area contributed by atoms with E-state index in [0.717, 1.165) is 18.4 Å². The Hall–Kier alpha value is -1.80. The Kier molecular flexibility index (Phi) is 4.90. The maximum atomic E-state index is 14.5. The lowest BCUT2D eigenvalue weighted by atomic mass is 9.46. The van der Waals surface area contributed by atoms with Gasteiger partial charge in [-0.05, 0) is 55.7 Å². The molecule has 9 atom stereocenters. The fraction of sp³-hybridized carbons (Fsp3) is 0.556. The van der Waals surface area contributed by atoms with E-state index in [1.807, 2.05) is 13.0 Å². The lowest BCUT2D eigenvalue weighted by molar-refractivity contribution is -0.195. The Morgan fingerprint density at radius 2 is 2.03 bits per heavy atom. The molecule has 0 aromatic heterocycles. The minimum absolute atomic E-state index is 0.00271. The summed E-state index contributed by atoms with van der Waals surface area (Å²) in [6.45, 7) is 4.12. The fourth-order valence-corrected chi connectivity index (χ4v) is 8.69. The Balaban J connectivity index is 1.40. The Morgan fingerprint density at radius 3 is 2.76 bits per heavy atom. The molecule has 0 radical (unpaired) electrons. The minimum Gasteiger partial charge on any atom is -0.393 e. The van der Waals surface area contributed by atoms with Gasteiger partial charge >= 0.3 is 0 Å². The molecule has 1 N–H and O–H groups in total.